The van der Waals surface area contributed by atoms with Gasteiger partial charge in [0.1, 0.15) is 11.4 Å². The molecule has 14 rings (SSSR count). The standard InChI is InChI=1S/C51H50F2N14O3/c1-3-25-11-41(68)33(52)13-31(25)27-5-7-29-35(9-27)60-62-43(29)45-56-37-15-64(16-38(37)57-45)47-50(19-54-20-50)23-66(47)49(70)67-24-51(21-55-22-51)48(67)65-17-39-40(18-65)59-46(58-39)44-30-8-6-28(10-36(30)61-63-44)32-14-34(53)42(69)12-26(32)4-2/h5-14,47-48,54-55,68-69H,3-4,15-24H2,1-2H3,(H,56,57)(H,58,59)(H,60,62)(H,61,63). The summed E-state index contributed by atoms with van der Waals surface area (Å²) < 4.78 is 28.9. The molecule has 0 radical (unpaired) electrons. The van der Waals surface area contributed by atoms with Crippen LogP contribution in [-0.4, -0.2) is 128 Å². The Labute approximate surface area is 399 Å². The van der Waals surface area contributed by atoms with E-state index in [1.807, 2.05) is 50.2 Å². The van der Waals surface area contributed by atoms with Crippen molar-refractivity contribution < 1.29 is 23.8 Å². The largest absolute Gasteiger partial charge is 0.505 e. The molecular formula is C51H50F2N14O3. The maximum atomic E-state index is 14.9. The number of phenols is 2. The number of phenolic OH excluding ortho intramolecular Hbond substituents is 2. The maximum absolute atomic E-state index is 14.9. The van der Waals surface area contributed by atoms with Crippen LogP contribution in [-0.2, 0) is 39.0 Å². The number of halogens is 2. The Hall–Kier alpha value is -7.19. The molecular weight excluding hydrogens is 895 g/mol. The van der Waals surface area contributed by atoms with Crippen LogP contribution in [0.15, 0.2) is 60.7 Å². The summed E-state index contributed by atoms with van der Waals surface area (Å²) in [5.74, 6) is -0.650. The van der Waals surface area contributed by atoms with Gasteiger partial charge >= 0.3 is 6.03 Å². The highest BCUT2D eigenvalue weighted by atomic mass is 19.1. The molecule has 0 aliphatic carbocycles. The number of nitrogens with one attached hydrogen (secondary N) is 6. The van der Waals surface area contributed by atoms with Crippen molar-refractivity contribution >= 4 is 27.8 Å². The Kier molecular flexibility index (Phi) is 8.89. The van der Waals surface area contributed by atoms with Crippen LogP contribution < -0.4 is 10.6 Å². The van der Waals surface area contributed by atoms with Gasteiger partial charge in [-0.25, -0.2) is 23.5 Å². The smallest absolute Gasteiger partial charge is 0.322 e. The Balaban J connectivity index is 0.675. The van der Waals surface area contributed by atoms with E-state index >= 15 is 0 Å². The third kappa shape index (κ3) is 5.97. The van der Waals surface area contributed by atoms with Gasteiger partial charge < -0.3 is 40.6 Å². The number of aromatic amines is 4. The summed E-state index contributed by atoms with van der Waals surface area (Å²) in [6.07, 6.45) is 1.15. The number of carbonyl (C=O) groups is 1. The van der Waals surface area contributed by atoms with Crippen LogP contribution in [0, 0.1) is 22.5 Å². The van der Waals surface area contributed by atoms with Gasteiger partial charge in [0, 0.05) is 87.0 Å². The number of aromatic hydroxyl groups is 2. The Morgan fingerprint density at radius 1 is 0.643 bits per heavy atom. The summed E-state index contributed by atoms with van der Waals surface area (Å²) in [6.45, 7) is 11.3. The van der Waals surface area contributed by atoms with Gasteiger partial charge in [-0.2, -0.15) is 10.2 Å². The number of aryl methyl sites for hydroxylation is 2. The van der Waals surface area contributed by atoms with E-state index in [4.69, 9.17) is 9.97 Å². The first-order valence-electron chi connectivity index (χ1n) is 24.1. The monoisotopic (exact) mass is 944 g/mol. The van der Waals surface area contributed by atoms with Gasteiger partial charge in [0.25, 0.3) is 0 Å². The van der Waals surface area contributed by atoms with E-state index in [1.165, 1.54) is 24.3 Å². The van der Waals surface area contributed by atoms with E-state index in [-0.39, 0.29) is 40.7 Å². The third-order valence-electron chi connectivity index (χ3n) is 16.2. The number of hydrogen-bond donors (Lipinski definition) is 8. The van der Waals surface area contributed by atoms with Crippen LogP contribution in [0.5, 0.6) is 11.5 Å². The molecule has 0 bridgehead atoms. The van der Waals surface area contributed by atoms with E-state index in [0.717, 1.165) is 104 Å². The number of urea groups is 1. The van der Waals surface area contributed by atoms with Gasteiger partial charge in [-0.3, -0.25) is 20.0 Å². The van der Waals surface area contributed by atoms with Crippen LogP contribution in [0.2, 0.25) is 0 Å². The molecule has 8 N–H and O–H groups in total. The summed E-state index contributed by atoms with van der Waals surface area (Å²) >= 11 is 0. The predicted octanol–water partition coefficient (Wildman–Crippen LogP) is 6.28. The Morgan fingerprint density at radius 2 is 1.09 bits per heavy atom. The number of hydrogen-bond acceptors (Lipinski definition) is 11. The van der Waals surface area contributed by atoms with Gasteiger partial charge in [-0.05, 0) is 94.8 Å². The van der Waals surface area contributed by atoms with Crippen molar-refractivity contribution in [1.29, 1.82) is 0 Å². The molecule has 0 saturated carbocycles. The number of likely N-dealkylation sites (tertiary alicyclic amines) is 2. The molecule has 10 heterocycles. The SMILES string of the molecule is CCc1cc(O)c(F)cc1-c1ccc2c(-c3nc4c([nH]3)CN(C3N(C(=O)N5CC6(CNC6)C5N5Cc6nc(-c7n[nH]c8cc(-c9cc(F)c(O)cc9CC)ccc78)[nH]c6C5)CC35CNC5)C4)n[nH]c2c1. The molecule has 6 aliphatic rings. The van der Waals surface area contributed by atoms with Crippen molar-refractivity contribution in [3.63, 3.8) is 0 Å². The van der Waals surface area contributed by atoms with Crippen molar-refractivity contribution in [2.45, 2.75) is 65.2 Å². The summed E-state index contributed by atoms with van der Waals surface area (Å²) in [5, 5.41) is 44.3. The van der Waals surface area contributed by atoms with Crippen LogP contribution in [0.4, 0.5) is 13.6 Å². The first-order chi connectivity index (χ1) is 34.0. The molecule has 356 valence electrons. The van der Waals surface area contributed by atoms with E-state index in [1.54, 1.807) is 0 Å². The molecule has 4 saturated heterocycles. The molecule has 4 fully saturated rings. The van der Waals surface area contributed by atoms with Gasteiger partial charge in [0.2, 0.25) is 0 Å². The molecule has 2 spiro atoms. The van der Waals surface area contributed by atoms with Crippen molar-refractivity contribution in [3.8, 4) is 56.8 Å². The number of H-pyrrole nitrogens is 4. The highest BCUT2D eigenvalue weighted by Crippen LogP contribution is 2.51. The van der Waals surface area contributed by atoms with E-state index in [0.29, 0.717) is 75.1 Å². The van der Waals surface area contributed by atoms with Crippen molar-refractivity contribution in [2.75, 3.05) is 39.3 Å². The minimum Gasteiger partial charge on any atom is -0.505 e. The minimum atomic E-state index is -0.653. The molecule has 2 atom stereocenters. The average molecular weight is 945 g/mol. The first kappa shape index (κ1) is 41.8. The highest BCUT2D eigenvalue weighted by molar-refractivity contribution is 5.95. The topological polar surface area (TPSA) is 209 Å². The zero-order valence-electron chi connectivity index (χ0n) is 38.5. The summed E-state index contributed by atoms with van der Waals surface area (Å²) in [7, 11) is 0. The lowest BCUT2D eigenvalue weighted by atomic mass is 9.68. The Morgan fingerprint density at radius 3 is 1.47 bits per heavy atom. The lowest BCUT2D eigenvalue weighted by Crippen LogP contribution is -2.86. The zero-order chi connectivity index (χ0) is 47.4. The molecule has 70 heavy (non-hydrogen) atoms. The van der Waals surface area contributed by atoms with E-state index in [9.17, 15) is 23.8 Å². The summed E-state index contributed by atoms with van der Waals surface area (Å²) in [4.78, 5) is 41.1. The molecule has 8 aromatic rings. The average Bonchev–Trinajstić information content (AvgIpc) is 4.17. The zero-order valence-corrected chi connectivity index (χ0v) is 38.5. The van der Waals surface area contributed by atoms with Crippen LogP contribution in [0.1, 0.15) is 47.8 Å². The number of amides is 2. The number of rotatable bonds is 8. The fourth-order valence-electron chi connectivity index (χ4n) is 12.6. The highest BCUT2D eigenvalue weighted by Gasteiger charge is 2.66. The molecule has 2 unspecified atom stereocenters. The predicted molar refractivity (Wildman–Crippen MR) is 256 cm³/mol. The van der Waals surface area contributed by atoms with Gasteiger partial charge in [-0.15, -0.1) is 0 Å². The second-order valence-electron chi connectivity index (χ2n) is 20.3. The Bertz CT molecular complexity index is 3220. The van der Waals surface area contributed by atoms with Crippen LogP contribution >= 0.6 is 0 Å². The fraction of sp³-hybridized carbons (Fsp3) is 0.353. The van der Waals surface area contributed by atoms with Crippen molar-refractivity contribution in [2.24, 2.45) is 10.8 Å². The minimum absolute atomic E-state index is 0.0164. The van der Waals surface area contributed by atoms with Crippen molar-refractivity contribution in [3.05, 3.63) is 106 Å². The molecule has 4 aromatic carbocycles. The second kappa shape index (κ2) is 14.9. The van der Waals surface area contributed by atoms with Crippen LogP contribution in [0.25, 0.3) is 67.1 Å². The lowest BCUT2D eigenvalue weighted by Gasteiger charge is -2.69. The number of imidazole rings is 2. The number of carbonyl (C=O) groups excluding carboxylic acids is 1. The number of nitrogens with zero attached hydrogens (tertiary/aromatic N) is 8. The van der Waals surface area contributed by atoms with Gasteiger partial charge in [0.15, 0.2) is 34.8 Å². The maximum Gasteiger partial charge on any atom is 0.322 e. The summed E-state index contributed by atoms with van der Waals surface area (Å²) in [5.41, 5.74) is 11.8. The third-order valence-corrected chi connectivity index (χ3v) is 16.2. The number of aromatic nitrogens is 8. The van der Waals surface area contributed by atoms with E-state index < -0.39 is 11.6 Å². The molecule has 19 heteroatoms. The van der Waals surface area contributed by atoms with E-state index in [2.05, 4.69) is 60.6 Å². The molecule has 6 aliphatic heterocycles. The quantitative estimate of drug-likeness (QED) is 0.0850. The normalized spacial score (nSPS) is 21.1. The number of benzene rings is 4. The molecule has 4 aromatic heterocycles. The van der Waals surface area contributed by atoms with Crippen LogP contribution in [0.3, 0.4) is 0 Å². The second-order valence-corrected chi connectivity index (χ2v) is 20.3. The molecule has 17 nitrogen and oxygen atoms in total. The lowest BCUT2D eigenvalue weighted by molar-refractivity contribution is -0.196. The number of fused-ring (bicyclic) bond motifs is 4. The summed E-state index contributed by atoms with van der Waals surface area (Å²) in [6, 6.07) is 17.6. The van der Waals surface area contributed by atoms with Gasteiger partial charge in [-0.1, -0.05) is 26.0 Å². The van der Waals surface area contributed by atoms with Crippen molar-refractivity contribution in [1.82, 2.24) is 70.6 Å². The molecule has 2 amide bonds. The fourth-order valence-corrected chi connectivity index (χ4v) is 12.6. The van der Waals surface area contributed by atoms with Gasteiger partial charge in [0.05, 0.1) is 46.1 Å². The first-order valence-corrected chi connectivity index (χ1v) is 24.1.